The first-order valence-electron chi connectivity index (χ1n) is 12.2. The topological polar surface area (TPSA) is 93.0 Å². The maximum atomic E-state index is 13.8. The number of benzene rings is 3. The Bertz CT molecular complexity index is 1520. The summed E-state index contributed by atoms with van der Waals surface area (Å²) in [5.41, 5.74) is 2.38. The quantitative estimate of drug-likeness (QED) is 0.214. The van der Waals surface area contributed by atoms with E-state index in [0.717, 1.165) is 11.1 Å². The SMILES string of the molecule is COc1ccc(/C([O-])=C2\C(=O)C(=O)N(Cc3ccc[nH+]c3)C2c2cccc(Oc3ccccc3)c2)cc1C. The number of aryl methyl sites for hydroxylation is 1. The Morgan fingerprint density at radius 2 is 1.74 bits per heavy atom. The second-order valence-electron chi connectivity index (χ2n) is 8.99. The third-order valence-corrected chi connectivity index (χ3v) is 6.46. The van der Waals surface area contributed by atoms with Crippen molar-refractivity contribution in [2.24, 2.45) is 0 Å². The molecule has 4 aromatic rings. The zero-order chi connectivity index (χ0) is 26.6. The predicted octanol–water partition coefficient (Wildman–Crippen LogP) is 4.03. The van der Waals surface area contributed by atoms with E-state index in [-0.39, 0.29) is 12.1 Å². The van der Waals surface area contributed by atoms with Gasteiger partial charge in [0.25, 0.3) is 5.91 Å². The van der Waals surface area contributed by atoms with Gasteiger partial charge in [-0.3, -0.25) is 9.59 Å². The molecule has 1 aromatic heterocycles. The molecule has 5 rings (SSSR count). The van der Waals surface area contributed by atoms with Crippen LogP contribution in [0.4, 0.5) is 0 Å². The van der Waals surface area contributed by atoms with Crippen molar-refractivity contribution in [3.63, 3.8) is 0 Å². The van der Waals surface area contributed by atoms with Crippen LogP contribution in [0.3, 0.4) is 0 Å². The van der Waals surface area contributed by atoms with E-state index < -0.39 is 23.5 Å². The van der Waals surface area contributed by atoms with Gasteiger partial charge in [-0.25, -0.2) is 4.98 Å². The minimum atomic E-state index is -0.885. The molecule has 1 atom stereocenters. The summed E-state index contributed by atoms with van der Waals surface area (Å²) in [5.74, 6) is -0.209. The summed E-state index contributed by atoms with van der Waals surface area (Å²) >= 11 is 0. The molecule has 1 saturated heterocycles. The van der Waals surface area contributed by atoms with E-state index in [0.29, 0.717) is 28.4 Å². The molecule has 2 heterocycles. The fraction of sp³-hybridized carbons (Fsp3) is 0.129. The standard InChI is InChI=1S/C31H26N2O5/c1-20-16-23(13-14-26(20)37-2)29(34)27-28(33(31(36)30(27)35)19-21-8-7-15-32-18-21)22-9-6-12-25(17-22)38-24-10-4-3-5-11-24/h3-18,28,34H,19H2,1-2H3/b29-27+. The van der Waals surface area contributed by atoms with Gasteiger partial charge >= 0.3 is 0 Å². The molecule has 0 radical (unpaired) electrons. The lowest BCUT2D eigenvalue weighted by Crippen LogP contribution is -2.29. The van der Waals surface area contributed by atoms with Crippen LogP contribution in [0.2, 0.25) is 0 Å². The Morgan fingerprint density at radius 1 is 0.947 bits per heavy atom. The highest BCUT2D eigenvalue weighted by molar-refractivity contribution is 6.46. The maximum absolute atomic E-state index is 13.8. The van der Waals surface area contributed by atoms with Crippen LogP contribution in [-0.2, 0) is 16.1 Å². The molecule has 1 unspecified atom stereocenters. The number of carbonyl (C=O) groups excluding carboxylic acids is 2. The van der Waals surface area contributed by atoms with Crippen molar-refractivity contribution in [2.45, 2.75) is 19.5 Å². The van der Waals surface area contributed by atoms with Crippen molar-refractivity contribution in [3.8, 4) is 17.2 Å². The number of methoxy groups -OCH3 is 1. The molecule has 1 N–H and O–H groups in total. The fourth-order valence-electron chi connectivity index (χ4n) is 4.65. The lowest BCUT2D eigenvalue weighted by atomic mass is 9.94. The number of rotatable bonds is 7. The molecule has 7 nitrogen and oxygen atoms in total. The van der Waals surface area contributed by atoms with Crippen molar-refractivity contribution in [2.75, 3.05) is 7.11 Å². The van der Waals surface area contributed by atoms with E-state index in [2.05, 4.69) is 4.98 Å². The number of hydrogen-bond donors (Lipinski definition) is 0. The first kappa shape index (κ1) is 24.8. The molecule has 0 spiro atoms. The predicted molar refractivity (Wildman–Crippen MR) is 139 cm³/mol. The number of aromatic nitrogens is 1. The molecule has 0 bridgehead atoms. The zero-order valence-electron chi connectivity index (χ0n) is 21.0. The smallest absolute Gasteiger partial charge is 0.295 e. The molecule has 1 fully saturated rings. The number of hydrogen-bond acceptors (Lipinski definition) is 5. The Kier molecular flexibility index (Phi) is 6.91. The Balaban J connectivity index is 1.62. The van der Waals surface area contributed by atoms with Gasteiger partial charge in [-0.15, -0.1) is 0 Å². The van der Waals surface area contributed by atoms with Crippen molar-refractivity contribution < 1.29 is 29.2 Å². The highest BCUT2D eigenvalue weighted by Crippen LogP contribution is 2.41. The van der Waals surface area contributed by atoms with Crippen LogP contribution < -0.4 is 19.6 Å². The largest absolute Gasteiger partial charge is 0.872 e. The van der Waals surface area contributed by atoms with Gasteiger partial charge in [0, 0.05) is 17.2 Å². The number of nitrogens with zero attached hydrogens (tertiary/aromatic N) is 1. The van der Waals surface area contributed by atoms with E-state index >= 15 is 0 Å². The number of carbonyl (C=O) groups is 2. The third-order valence-electron chi connectivity index (χ3n) is 6.46. The second-order valence-corrected chi connectivity index (χ2v) is 8.99. The molecule has 3 aromatic carbocycles. The molecule has 1 aliphatic heterocycles. The molecule has 0 aliphatic carbocycles. The molecule has 0 saturated carbocycles. The molecule has 7 heteroatoms. The number of para-hydroxylation sites is 1. The number of pyridine rings is 1. The summed E-state index contributed by atoms with van der Waals surface area (Å²) in [6, 6.07) is 24.2. The van der Waals surface area contributed by atoms with Crippen molar-refractivity contribution in [3.05, 3.63) is 125 Å². The zero-order valence-corrected chi connectivity index (χ0v) is 21.0. The van der Waals surface area contributed by atoms with E-state index in [4.69, 9.17) is 9.47 Å². The van der Waals surface area contributed by atoms with E-state index in [9.17, 15) is 14.7 Å². The number of ketones is 1. The van der Waals surface area contributed by atoms with Crippen LogP contribution in [-0.4, -0.2) is 23.7 Å². The lowest BCUT2D eigenvalue weighted by Gasteiger charge is -2.27. The van der Waals surface area contributed by atoms with Crippen LogP contribution in [0.15, 0.2) is 103 Å². The van der Waals surface area contributed by atoms with Gasteiger partial charge in [0.05, 0.1) is 19.7 Å². The summed E-state index contributed by atoms with van der Waals surface area (Å²) in [7, 11) is 1.55. The number of amides is 1. The molecular weight excluding hydrogens is 480 g/mol. The Morgan fingerprint density at radius 3 is 2.45 bits per heavy atom. The molecule has 38 heavy (non-hydrogen) atoms. The van der Waals surface area contributed by atoms with Crippen LogP contribution in [0.25, 0.3) is 5.76 Å². The summed E-state index contributed by atoms with van der Waals surface area (Å²) < 4.78 is 11.3. The van der Waals surface area contributed by atoms with Gasteiger partial charge in [-0.05, 0) is 66.1 Å². The minimum Gasteiger partial charge on any atom is -0.872 e. The highest BCUT2D eigenvalue weighted by atomic mass is 16.5. The van der Waals surface area contributed by atoms with E-state index in [1.165, 1.54) is 4.90 Å². The summed E-state index contributed by atoms with van der Waals surface area (Å²) in [5, 5.41) is 13.8. The van der Waals surface area contributed by atoms with Crippen LogP contribution in [0.5, 0.6) is 17.2 Å². The minimum absolute atomic E-state index is 0.0867. The number of aromatic amines is 1. The summed E-state index contributed by atoms with van der Waals surface area (Å²) in [6.07, 6.45) is 3.52. The highest BCUT2D eigenvalue weighted by Gasteiger charge is 2.44. The summed E-state index contributed by atoms with van der Waals surface area (Å²) in [6.45, 7) is 1.97. The maximum Gasteiger partial charge on any atom is 0.295 e. The van der Waals surface area contributed by atoms with Crippen LogP contribution >= 0.6 is 0 Å². The second kappa shape index (κ2) is 10.6. The van der Waals surface area contributed by atoms with Crippen molar-refractivity contribution in [1.82, 2.24) is 4.90 Å². The number of Topliss-reactive ketones (excluding diaryl/α,β-unsaturated/α-hetero) is 1. The first-order valence-corrected chi connectivity index (χ1v) is 12.2. The van der Waals surface area contributed by atoms with Gasteiger partial charge in [-0.1, -0.05) is 42.2 Å². The first-order chi connectivity index (χ1) is 18.5. The average molecular weight is 507 g/mol. The Labute approximate surface area is 220 Å². The van der Waals surface area contributed by atoms with Crippen LogP contribution in [0.1, 0.15) is 28.3 Å². The van der Waals surface area contributed by atoms with Gasteiger partial charge in [0.1, 0.15) is 17.2 Å². The number of ether oxygens (including phenoxy) is 2. The molecular formula is C31H26N2O5. The van der Waals surface area contributed by atoms with Crippen LogP contribution in [0, 0.1) is 6.92 Å². The fourth-order valence-corrected chi connectivity index (χ4v) is 4.65. The van der Waals surface area contributed by atoms with E-state index in [1.54, 1.807) is 62.0 Å². The van der Waals surface area contributed by atoms with Gasteiger partial charge in [0.2, 0.25) is 5.78 Å². The molecule has 190 valence electrons. The third kappa shape index (κ3) is 4.86. The van der Waals surface area contributed by atoms with Crippen molar-refractivity contribution in [1.29, 1.82) is 0 Å². The average Bonchev–Trinajstić information content (AvgIpc) is 3.19. The Hall–Kier alpha value is -4.91. The van der Waals surface area contributed by atoms with Gasteiger partial charge in [-0.2, -0.15) is 0 Å². The number of nitrogens with one attached hydrogen (secondary N) is 1. The summed E-state index contributed by atoms with van der Waals surface area (Å²) in [4.78, 5) is 31.1. The van der Waals surface area contributed by atoms with Crippen molar-refractivity contribution >= 4 is 17.4 Å². The molecule has 1 amide bonds. The lowest BCUT2D eigenvalue weighted by molar-refractivity contribution is -0.378. The van der Waals surface area contributed by atoms with Gasteiger partial charge < -0.3 is 19.5 Å². The van der Waals surface area contributed by atoms with Gasteiger partial charge in [0.15, 0.2) is 12.4 Å². The number of H-pyrrole nitrogens is 1. The number of likely N-dealkylation sites (tertiary alicyclic amines) is 1. The normalized spacial score (nSPS) is 16.5. The molecule has 1 aliphatic rings. The van der Waals surface area contributed by atoms with E-state index in [1.807, 2.05) is 49.4 Å². The monoisotopic (exact) mass is 506 g/mol.